The van der Waals surface area contributed by atoms with Gasteiger partial charge in [0.2, 0.25) is 0 Å². The van der Waals surface area contributed by atoms with Crippen molar-refractivity contribution in [1.29, 1.82) is 0 Å². The maximum absolute atomic E-state index is 6.05. The van der Waals surface area contributed by atoms with Crippen molar-refractivity contribution in [1.82, 2.24) is 0 Å². The quantitative estimate of drug-likeness (QED) is 0.568. The van der Waals surface area contributed by atoms with Gasteiger partial charge in [0.15, 0.2) is 0 Å². The SMILES string of the molecule is CCc1ccccc1C(Br)Cc1ccc(Cl)c(Cl)c1. The molecule has 3 heteroatoms. The van der Waals surface area contributed by atoms with Gasteiger partial charge in [-0.2, -0.15) is 0 Å². The summed E-state index contributed by atoms with van der Waals surface area (Å²) in [4.78, 5) is 0.292. The van der Waals surface area contributed by atoms with Crippen LogP contribution < -0.4 is 0 Å². The van der Waals surface area contributed by atoms with Gasteiger partial charge in [-0.05, 0) is 41.7 Å². The molecule has 0 heterocycles. The summed E-state index contributed by atoms with van der Waals surface area (Å²) in [5.41, 5.74) is 3.91. The van der Waals surface area contributed by atoms with Gasteiger partial charge in [-0.1, -0.05) is 76.4 Å². The van der Waals surface area contributed by atoms with Crippen LogP contribution >= 0.6 is 39.1 Å². The molecule has 0 spiro atoms. The van der Waals surface area contributed by atoms with Crippen LogP contribution in [0.3, 0.4) is 0 Å². The zero-order chi connectivity index (χ0) is 13.8. The fourth-order valence-corrected chi connectivity index (χ4v) is 3.29. The predicted octanol–water partition coefficient (Wildman–Crippen LogP) is 6.23. The minimum Gasteiger partial charge on any atom is -0.0835 e. The molecule has 0 aliphatic carbocycles. The average molecular weight is 358 g/mol. The fraction of sp³-hybridized carbons (Fsp3) is 0.250. The van der Waals surface area contributed by atoms with Gasteiger partial charge in [-0.25, -0.2) is 0 Å². The highest BCUT2D eigenvalue weighted by Gasteiger charge is 2.12. The third-order valence-corrected chi connectivity index (χ3v) is 4.73. The first-order valence-corrected chi connectivity index (χ1v) is 7.94. The molecule has 0 radical (unpaired) electrons. The van der Waals surface area contributed by atoms with Crippen molar-refractivity contribution in [3.63, 3.8) is 0 Å². The van der Waals surface area contributed by atoms with Crippen molar-refractivity contribution in [3.8, 4) is 0 Å². The standard InChI is InChI=1S/C16H15BrCl2/c1-2-12-5-3-4-6-13(12)14(17)9-11-7-8-15(18)16(19)10-11/h3-8,10,14H,2,9H2,1H3. The molecule has 0 aliphatic heterocycles. The normalized spacial score (nSPS) is 12.4. The number of aryl methyl sites for hydroxylation is 1. The average Bonchev–Trinajstić information content (AvgIpc) is 2.43. The van der Waals surface area contributed by atoms with Crippen molar-refractivity contribution < 1.29 is 0 Å². The maximum Gasteiger partial charge on any atom is 0.0595 e. The summed E-state index contributed by atoms with van der Waals surface area (Å²) in [7, 11) is 0. The lowest BCUT2D eigenvalue weighted by Gasteiger charge is -2.14. The van der Waals surface area contributed by atoms with E-state index < -0.39 is 0 Å². The zero-order valence-corrected chi connectivity index (χ0v) is 13.8. The van der Waals surface area contributed by atoms with E-state index in [0.717, 1.165) is 12.8 Å². The molecule has 0 bridgehead atoms. The van der Waals surface area contributed by atoms with Crippen LogP contribution in [0, 0.1) is 0 Å². The number of halogens is 3. The van der Waals surface area contributed by atoms with Gasteiger partial charge in [-0.3, -0.25) is 0 Å². The summed E-state index contributed by atoms with van der Waals surface area (Å²) >= 11 is 15.8. The van der Waals surface area contributed by atoms with E-state index in [2.05, 4.69) is 47.1 Å². The second-order valence-electron chi connectivity index (χ2n) is 4.47. The Kier molecular flexibility index (Phi) is 5.32. The van der Waals surface area contributed by atoms with Gasteiger partial charge in [0.05, 0.1) is 10.0 Å². The molecular weight excluding hydrogens is 343 g/mol. The van der Waals surface area contributed by atoms with Gasteiger partial charge >= 0.3 is 0 Å². The topological polar surface area (TPSA) is 0 Å². The van der Waals surface area contributed by atoms with Crippen molar-refractivity contribution in [2.45, 2.75) is 24.6 Å². The first-order chi connectivity index (χ1) is 9.11. The Bertz CT molecular complexity index is 566. The summed E-state index contributed by atoms with van der Waals surface area (Å²) in [6, 6.07) is 14.3. The predicted molar refractivity (Wildman–Crippen MR) is 87.7 cm³/mol. The lowest BCUT2D eigenvalue weighted by molar-refractivity contribution is 0.921. The second-order valence-corrected chi connectivity index (χ2v) is 6.39. The summed E-state index contributed by atoms with van der Waals surface area (Å²) in [5, 5.41) is 1.22. The highest BCUT2D eigenvalue weighted by molar-refractivity contribution is 9.09. The fourth-order valence-electron chi connectivity index (χ4n) is 2.15. The Balaban J connectivity index is 2.20. The maximum atomic E-state index is 6.05. The molecule has 0 fully saturated rings. The molecule has 0 aliphatic rings. The smallest absolute Gasteiger partial charge is 0.0595 e. The Hall–Kier alpha value is -0.500. The molecule has 0 amide bonds. The van der Waals surface area contributed by atoms with Crippen molar-refractivity contribution in [2.24, 2.45) is 0 Å². The number of rotatable bonds is 4. The van der Waals surface area contributed by atoms with E-state index in [0.29, 0.717) is 14.9 Å². The third kappa shape index (κ3) is 3.75. The van der Waals surface area contributed by atoms with Gasteiger partial charge in [-0.15, -0.1) is 0 Å². The van der Waals surface area contributed by atoms with E-state index in [1.54, 1.807) is 0 Å². The van der Waals surface area contributed by atoms with E-state index in [1.807, 2.05) is 18.2 Å². The van der Waals surface area contributed by atoms with Crippen LogP contribution in [-0.2, 0) is 12.8 Å². The minimum atomic E-state index is 0.292. The molecular formula is C16H15BrCl2. The zero-order valence-electron chi connectivity index (χ0n) is 10.7. The minimum absolute atomic E-state index is 0.292. The lowest BCUT2D eigenvalue weighted by Crippen LogP contribution is -1.99. The molecule has 2 aromatic carbocycles. The van der Waals surface area contributed by atoms with E-state index in [1.165, 1.54) is 16.7 Å². The highest BCUT2D eigenvalue weighted by atomic mass is 79.9. The van der Waals surface area contributed by atoms with Crippen LogP contribution in [-0.4, -0.2) is 0 Å². The number of benzene rings is 2. The highest BCUT2D eigenvalue weighted by Crippen LogP contribution is 2.31. The van der Waals surface area contributed by atoms with Gasteiger partial charge < -0.3 is 0 Å². The Morgan fingerprint density at radius 2 is 1.79 bits per heavy atom. The van der Waals surface area contributed by atoms with Crippen LogP contribution in [0.15, 0.2) is 42.5 Å². The molecule has 19 heavy (non-hydrogen) atoms. The number of hydrogen-bond acceptors (Lipinski definition) is 0. The molecule has 1 atom stereocenters. The van der Waals surface area contributed by atoms with Crippen LogP contribution in [0.25, 0.3) is 0 Å². The monoisotopic (exact) mass is 356 g/mol. The summed E-state index contributed by atoms with van der Waals surface area (Å²) < 4.78 is 0. The van der Waals surface area contributed by atoms with Crippen LogP contribution in [0.2, 0.25) is 10.0 Å². The molecule has 100 valence electrons. The van der Waals surface area contributed by atoms with Crippen molar-refractivity contribution in [2.75, 3.05) is 0 Å². The van der Waals surface area contributed by atoms with E-state index in [4.69, 9.17) is 23.2 Å². The van der Waals surface area contributed by atoms with E-state index in [9.17, 15) is 0 Å². The molecule has 0 saturated carbocycles. The Labute approximate surface area is 132 Å². The summed E-state index contributed by atoms with van der Waals surface area (Å²) in [6.45, 7) is 2.18. The number of alkyl halides is 1. The van der Waals surface area contributed by atoms with Crippen LogP contribution in [0.5, 0.6) is 0 Å². The molecule has 1 unspecified atom stereocenters. The summed E-state index contributed by atoms with van der Waals surface area (Å²) in [5.74, 6) is 0. The third-order valence-electron chi connectivity index (χ3n) is 3.17. The van der Waals surface area contributed by atoms with Gasteiger partial charge in [0.25, 0.3) is 0 Å². The van der Waals surface area contributed by atoms with E-state index in [-0.39, 0.29) is 0 Å². The first kappa shape index (κ1) is 14.9. The molecule has 0 nitrogen and oxygen atoms in total. The van der Waals surface area contributed by atoms with E-state index >= 15 is 0 Å². The van der Waals surface area contributed by atoms with Crippen LogP contribution in [0.1, 0.15) is 28.4 Å². The Morgan fingerprint density at radius 1 is 1.05 bits per heavy atom. The molecule has 0 saturated heterocycles. The molecule has 2 aromatic rings. The van der Waals surface area contributed by atoms with Gasteiger partial charge in [0, 0.05) is 4.83 Å². The molecule has 0 aromatic heterocycles. The number of hydrogen-bond donors (Lipinski definition) is 0. The second kappa shape index (κ2) is 6.78. The van der Waals surface area contributed by atoms with Crippen molar-refractivity contribution in [3.05, 3.63) is 69.2 Å². The molecule has 2 rings (SSSR count). The van der Waals surface area contributed by atoms with Crippen molar-refractivity contribution >= 4 is 39.1 Å². The lowest BCUT2D eigenvalue weighted by atomic mass is 9.98. The van der Waals surface area contributed by atoms with Gasteiger partial charge in [0.1, 0.15) is 0 Å². The first-order valence-electron chi connectivity index (χ1n) is 6.27. The largest absolute Gasteiger partial charge is 0.0835 e. The summed E-state index contributed by atoms with van der Waals surface area (Å²) in [6.07, 6.45) is 1.94. The van der Waals surface area contributed by atoms with Crippen LogP contribution in [0.4, 0.5) is 0 Å². The molecule has 0 N–H and O–H groups in total. The Morgan fingerprint density at radius 3 is 2.47 bits per heavy atom.